The van der Waals surface area contributed by atoms with Crippen molar-refractivity contribution >= 4 is 0 Å². The van der Waals surface area contributed by atoms with Crippen LogP contribution in [0.4, 0.5) is 0 Å². The first-order valence-electron chi connectivity index (χ1n) is 4.32. The summed E-state index contributed by atoms with van der Waals surface area (Å²) in [5.74, 6) is 0.0664. The van der Waals surface area contributed by atoms with Gasteiger partial charge in [0, 0.05) is 25.5 Å². The van der Waals surface area contributed by atoms with Crippen LogP contribution in [0, 0.1) is 17.2 Å². The Morgan fingerprint density at radius 1 is 1.69 bits per heavy atom. The molecule has 1 rings (SSSR count). The Bertz CT molecular complexity index is 276. The Morgan fingerprint density at radius 2 is 2.54 bits per heavy atom. The van der Waals surface area contributed by atoms with Crippen LogP contribution in [0.3, 0.4) is 0 Å². The van der Waals surface area contributed by atoms with Gasteiger partial charge in [-0.25, -0.2) is 0 Å². The number of nitrogens with one attached hydrogen (secondary N) is 1. The Balaban J connectivity index is 2.25. The first-order valence-corrected chi connectivity index (χ1v) is 4.32. The van der Waals surface area contributed by atoms with E-state index in [0.29, 0.717) is 0 Å². The van der Waals surface area contributed by atoms with Crippen LogP contribution in [0.25, 0.3) is 0 Å². The molecule has 68 valence electrons. The van der Waals surface area contributed by atoms with Gasteiger partial charge < -0.3 is 5.32 Å². The van der Waals surface area contributed by atoms with Crippen LogP contribution < -0.4 is 5.32 Å². The second-order valence-corrected chi connectivity index (χ2v) is 3.02. The second kappa shape index (κ2) is 5.28. The number of hydrogen-bond donors (Lipinski definition) is 1. The van der Waals surface area contributed by atoms with Crippen molar-refractivity contribution in [2.24, 2.45) is 5.92 Å². The Labute approximate surface area is 78.4 Å². The molecule has 3 heteroatoms. The highest BCUT2D eigenvalue weighted by Gasteiger charge is 1.97. The van der Waals surface area contributed by atoms with Crippen molar-refractivity contribution in [3.05, 3.63) is 30.1 Å². The van der Waals surface area contributed by atoms with Crippen LogP contribution in [0.5, 0.6) is 0 Å². The van der Waals surface area contributed by atoms with E-state index in [1.165, 1.54) is 0 Å². The zero-order valence-corrected chi connectivity index (χ0v) is 7.70. The zero-order chi connectivity index (χ0) is 9.52. The monoisotopic (exact) mass is 175 g/mol. The fourth-order valence-corrected chi connectivity index (χ4v) is 0.981. The molecule has 13 heavy (non-hydrogen) atoms. The number of rotatable bonds is 4. The van der Waals surface area contributed by atoms with Crippen LogP contribution in [0.15, 0.2) is 24.5 Å². The summed E-state index contributed by atoms with van der Waals surface area (Å²) in [5, 5.41) is 11.7. The number of nitrogens with zero attached hydrogens (tertiary/aromatic N) is 2. The minimum atomic E-state index is 0.0664. The number of aromatic nitrogens is 1. The van der Waals surface area contributed by atoms with Gasteiger partial charge >= 0.3 is 0 Å². The smallest absolute Gasteiger partial charge is 0.0666 e. The van der Waals surface area contributed by atoms with E-state index in [1.54, 1.807) is 6.20 Å². The quantitative estimate of drug-likeness (QED) is 0.751. The van der Waals surface area contributed by atoms with Gasteiger partial charge in [0.05, 0.1) is 12.0 Å². The summed E-state index contributed by atoms with van der Waals surface area (Å²) in [5.41, 5.74) is 1.15. The van der Waals surface area contributed by atoms with Gasteiger partial charge in [-0.05, 0) is 18.6 Å². The molecule has 1 aromatic rings. The fourth-order valence-electron chi connectivity index (χ4n) is 0.981. The highest BCUT2D eigenvalue weighted by Crippen LogP contribution is 1.95. The van der Waals surface area contributed by atoms with E-state index >= 15 is 0 Å². The minimum absolute atomic E-state index is 0.0664. The van der Waals surface area contributed by atoms with Crippen LogP contribution in [-0.2, 0) is 6.54 Å². The van der Waals surface area contributed by atoms with Crippen LogP contribution in [0.2, 0.25) is 0 Å². The van der Waals surface area contributed by atoms with Gasteiger partial charge in [-0.2, -0.15) is 5.26 Å². The van der Waals surface area contributed by atoms with Gasteiger partial charge in [0.15, 0.2) is 0 Å². The first-order chi connectivity index (χ1) is 6.33. The van der Waals surface area contributed by atoms with Crippen LogP contribution in [-0.4, -0.2) is 11.5 Å². The topological polar surface area (TPSA) is 48.7 Å². The van der Waals surface area contributed by atoms with Gasteiger partial charge in [0.25, 0.3) is 0 Å². The molecule has 0 saturated carbocycles. The predicted octanol–water partition coefficient (Wildman–Crippen LogP) is 1.33. The van der Waals surface area contributed by atoms with Gasteiger partial charge in [0.1, 0.15) is 0 Å². The third kappa shape index (κ3) is 3.68. The van der Waals surface area contributed by atoms with E-state index < -0.39 is 0 Å². The molecule has 0 aliphatic rings. The lowest BCUT2D eigenvalue weighted by molar-refractivity contribution is 0.601. The van der Waals surface area contributed by atoms with Gasteiger partial charge in [-0.15, -0.1) is 0 Å². The van der Waals surface area contributed by atoms with Gasteiger partial charge in [0.2, 0.25) is 0 Å². The summed E-state index contributed by atoms with van der Waals surface area (Å²) in [4.78, 5) is 4.00. The largest absolute Gasteiger partial charge is 0.311 e. The van der Waals surface area contributed by atoms with E-state index in [2.05, 4.69) is 16.4 Å². The molecule has 0 fully saturated rings. The van der Waals surface area contributed by atoms with Crippen LogP contribution >= 0.6 is 0 Å². The van der Waals surface area contributed by atoms with Crippen molar-refractivity contribution in [3.8, 4) is 6.07 Å². The van der Waals surface area contributed by atoms with E-state index in [-0.39, 0.29) is 5.92 Å². The van der Waals surface area contributed by atoms with Gasteiger partial charge in [-0.1, -0.05) is 6.07 Å². The van der Waals surface area contributed by atoms with Crippen LogP contribution in [0.1, 0.15) is 12.5 Å². The van der Waals surface area contributed by atoms with E-state index in [1.807, 2.05) is 25.3 Å². The third-order valence-corrected chi connectivity index (χ3v) is 1.72. The van der Waals surface area contributed by atoms with E-state index in [9.17, 15) is 0 Å². The Morgan fingerprint density at radius 3 is 3.15 bits per heavy atom. The molecule has 1 aromatic heterocycles. The van der Waals surface area contributed by atoms with Crippen molar-refractivity contribution in [3.63, 3.8) is 0 Å². The van der Waals surface area contributed by atoms with Crippen molar-refractivity contribution in [1.82, 2.24) is 10.3 Å². The summed E-state index contributed by atoms with van der Waals surface area (Å²) < 4.78 is 0. The molecule has 0 aliphatic carbocycles. The SMILES string of the molecule is CC(C#N)CNCc1cccnc1. The molecule has 1 heterocycles. The average molecular weight is 175 g/mol. The second-order valence-electron chi connectivity index (χ2n) is 3.02. The molecule has 3 nitrogen and oxygen atoms in total. The summed E-state index contributed by atoms with van der Waals surface area (Å²) in [6, 6.07) is 6.09. The molecule has 0 saturated heterocycles. The maximum atomic E-state index is 8.53. The molecule has 0 aliphatic heterocycles. The summed E-state index contributed by atoms with van der Waals surface area (Å²) >= 11 is 0. The standard InChI is InChI=1S/C10H13N3/c1-9(5-11)6-13-8-10-3-2-4-12-7-10/h2-4,7,9,13H,6,8H2,1H3. The number of pyridine rings is 1. The van der Waals surface area contributed by atoms with Crippen molar-refractivity contribution < 1.29 is 0 Å². The lowest BCUT2D eigenvalue weighted by atomic mass is 10.2. The predicted molar refractivity (Wildman–Crippen MR) is 50.7 cm³/mol. The molecule has 0 aromatic carbocycles. The number of nitriles is 1. The molecule has 1 N–H and O–H groups in total. The molecule has 0 bridgehead atoms. The van der Waals surface area contributed by atoms with E-state index in [0.717, 1.165) is 18.7 Å². The Hall–Kier alpha value is -1.40. The maximum absolute atomic E-state index is 8.53. The molecule has 0 radical (unpaired) electrons. The molecular weight excluding hydrogens is 162 g/mol. The average Bonchev–Trinajstić information content (AvgIpc) is 2.19. The van der Waals surface area contributed by atoms with Gasteiger partial charge in [-0.3, -0.25) is 4.98 Å². The maximum Gasteiger partial charge on any atom is 0.0666 e. The van der Waals surface area contributed by atoms with Crippen molar-refractivity contribution in [2.75, 3.05) is 6.54 Å². The summed E-state index contributed by atoms with van der Waals surface area (Å²) in [6.45, 7) is 3.40. The minimum Gasteiger partial charge on any atom is -0.311 e. The van der Waals surface area contributed by atoms with Crippen molar-refractivity contribution in [2.45, 2.75) is 13.5 Å². The first kappa shape index (κ1) is 9.69. The summed E-state index contributed by atoms with van der Waals surface area (Å²) in [6.07, 6.45) is 3.57. The molecular formula is C10H13N3. The van der Waals surface area contributed by atoms with E-state index in [4.69, 9.17) is 5.26 Å². The highest BCUT2D eigenvalue weighted by atomic mass is 14.9. The lowest BCUT2D eigenvalue weighted by Crippen LogP contribution is -2.19. The third-order valence-electron chi connectivity index (χ3n) is 1.72. The fraction of sp³-hybridized carbons (Fsp3) is 0.400. The number of hydrogen-bond acceptors (Lipinski definition) is 3. The summed E-state index contributed by atoms with van der Waals surface area (Å²) in [7, 11) is 0. The zero-order valence-electron chi connectivity index (χ0n) is 7.70. The normalized spacial score (nSPS) is 12.0. The highest BCUT2D eigenvalue weighted by molar-refractivity contribution is 5.07. The molecule has 0 amide bonds. The van der Waals surface area contributed by atoms with Crippen molar-refractivity contribution in [1.29, 1.82) is 5.26 Å². The molecule has 1 unspecified atom stereocenters. The molecule has 1 atom stereocenters. The lowest BCUT2D eigenvalue weighted by Gasteiger charge is -2.04. The Kier molecular flexibility index (Phi) is 3.94. The molecule has 0 spiro atoms.